The highest BCUT2D eigenvalue weighted by Crippen LogP contribution is 2.32. The number of H-pyrrole nitrogens is 1. The number of carbonyl (C=O) groups is 1. The molecule has 0 saturated carbocycles. The number of ether oxygens (including phenoxy) is 2. The number of amides is 1. The average molecular weight is 364 g/mol. The topological polar surface area (TPSA) is 124 Å². The van der Waals surface area contributed by atoms with Crippen LogP contribution in [0.5, 0.6) is 5.75 Å². The number of hydrogen-bond acceptors (Lipinski definition) is 6. The van der Waals surface area contributed by atoms with Gasteiger partial charge < -0.3 is 35.1 Å². The van der Waals surface area contributed by atoms with Crippen molar-refractivity contribution in [3.63, 3.8) is 0 Å². The van der Waals surface area contributed by atoms with Crippen LogP contribution in [-0.4, -0.2) is 63.5 Å². The molecule has 0 aliphatic carbocycles. The van der Waals surface area contributed by atoms with Crippen molar-refractivity contribution in [2.24, 2.45) is 0 Å². The molecular weight excluding hydrogens is 340 g/mol. The van der Waals surface area contributed by atoms with Crippen LogP contribution in [0.1, 0.15) is 19.4 Å². The molecule has 0 radical (unpaired) electrons. The Morgan fingerprint density at radius 3 is 2.77 bits per heavy atom. The van der Waals surface area contributed by atoms with Gasteiger partial charge in [0.05, 0.1) is 6.10 Å². The molecule has 1 amide bonds. The van der Waals surface area contributed by atoms with Crippen LogP contribution in [0.4, 0.5) is 0 Å². The molecule has 5 N–H and O–H groups in total. The Balaban J connectivity index is 1.83. The maximum atomic E-state index is 11.1. The summed E-state index contributed by atoms with van der Waals surface area (Å²) in [7, 11) is 0. The molecule has 5 unspecified atom stereocenters. The fourth-order valence-electron chi connectivity index (χ4n) is 3.12. The first kappa shape index (κ1) is 18.7. The van der Waals surface area contributed by atoms with E-state index >= 15 is 0 Å². The zero-order chi connectivity index (χ0) is 18.8. The molecule has 3 rings (SSSR count). The molecule has 2 heterocycles. The fourth-order valence-corrected chi connectivity index (χ4v) is 3.12. The second-order valence-electron chi connectivity index (χ2n) is 6.52. The van der Waals surface area contributed by atoms with Crippen LogP contribution in [0.25, 0.3) is 10.9 Å². The zero-order valence-corrected chi connectivity index (χ0v) is 14.7. The van der Waals surface area contributed by atoms with Gasteiger partial charge in [-0.15, -0.1) is 0 Å². The second kappa shape index (κ2) is 7.63. The predicted octanol–water partition coefficient (Wildman–Crippen LogP) is 0.0528. The minimum absolute atomic E-state index is 0.0958. The van der Waals surface area contributed by atoms with Crippen LogP contribution >= 0.6 is 0 Å². The molecular formula is C18H24N2O6. The molecule has 8 nitrogen and oxygen atoms in total. The van der Waals surface area contributed by atoms with Crippen LogP contribution in [0.3, 0.4) is 0 Å². The van der Waals surface area contributed by atoms with Crippen LogP contribution in [0, 0.1) is 0 Å². The maximum Gasteiger partial charge on any atom is 0.229 e. The average Bonchev–Trinajstić information content (AvgIpc) is 3.02. The van der Waals surface area contributed by atoms with Crippen LogP contribution in [0.2, 0.25) is 0 Å². The second-order valence-corrected chi connectivity index (χ2v) is 6.52. The van der Waals surface area contributed by atoms with Gasteiger partial charge in [0.1, 0.15) is 24.1 Å². The van der Waals surface area contributed by atoms with E-state index in [9.17, 15) is 20.1 Å². The zero-order valence-electron chi connectivity index (χ0n) is 14.7. The van der Waals surface area contributed by atoms with Crippen molar-refractivity contribution in [2.75, 3.05) is 6.54 Å². The highest BCUT2D eigenvalue weighted by atomic mass is 16.7. The minimum atomic E-state index is -1.38. The van der Waals surface area contributed by atoms with E-state index in [-0.39, 0.29) is 5.91 Å². The van der Waals surface area contributed by atoms with Gasteiger partial charge in [-0.05, 0) is 31.0 Å². The van der Waals surface area contributed by atoms with Crippen molar-refractivity contribution in [2.45, 2.75) is 51.0 Å². The Morgan fingerprint density at radius 1 is 1.27 bits per heavy atom. The van der Waals surface area contributed by atoms with E-state index in [0.29, 0.717) is 18.7 Å². The summed E-state index contributed by atoms with van der Waals surface area (Å²) in [6.45, 7) is 3.56. The number of carbonyl (C=O) groups excluding carboxylic acids is 1. The summed E-state index contributed by atoms with van der Waals surface area (Å²) in [6, 6.07) is 5.44. The number of aliphatic hydroxyl groups is 3. The summed E-state index contributed by atoms with van der Waals surface area (Å²) in [5.74, 6) is 0.392. The van der Waals surface area contributed by atoms with E-state index in [0.717, 1.165) is 16.5 Å². The number of aliphatic hydroxyl groups excluding tert-OH is 3. The number of fused-ring (bicyclic) bond motifs is 1. The van der Waals surface area contributed by atoms with Crippen LogP contribution in [0.15, 0.2) is 24.4 Å². The van der Waals surface area contributed by atoms with Crippen molar-refractivity contribution in [1.29, 1.82) is 0 Å². The van der Waals surface area contributed by atoms with Gasteiger partial charge in [-0.3, -0.25) is 4.79 Å². The molecule has 2 aromatic rings. The molecule has 8 heteroatoms. The van der Waals surface area contributed by atoms with Gasteiger partial charge in [0.25, 0.3) is 0 Å². The molecule has 1 aromatic heterocycles. The van der Waals surface area contributed by atoms with E-state index in [2.05, 4.69) is 10.3 Å². The summed E-state index contributed by atoms with van der Waals surface area (Å²) in [5, 5.41) is 33.5. The number of benzene rings is 1. The molecule has 1 aromatic carbocycles. The number of rotatable bonds is 5. The standard InChI is InChI=1S/C18H24N2O6/c1-9-15(22)16(23)17(24)18(25-9)26-13-5-3-4-12-14(13)11(8-20-12)6-7-19-10(2)21/h3-5,8-9,15-18,20,22-24H,6-7H2,1-2H3,(H,19,21). The molecule has 1 aliphatic heterocycles. The Labute approximate surface area is 150 Å². The Hall–Kier alpha value is -2.13. The predicted molar refractivity (Wildman–Crippen MR) is 93.7 cm³/mol. The third-order valence-corrected chi connectivity index (χ3v) is 4.57. The van der Waals surface area contributed by atoms with Crippen molar-refractivity contribution in [3.8, 4) is 5.75 Å². The summed E-state index contributed by atoms with van der Waals surface area (Å²) in [5.41, 5.74) is 1.79. The van der Waals surface area contributed by atoms with Gasteiger partial charge in [0, 0.05) is 30.6 Å². The quantitative estimate of drug-likeness (QED) is 0.511. The first-order valence-electron chi connectivity index (χ1n) is 8.58. The Kier molecular flexibility index (Phi) is 5.47. The third-order valence-electron chi connectivity index (χ3n) is 4.57. The smallest absolute Gasteiger partial charge is 0.229 e. The van der Waals surface area contributed by atoms with E-state index in [1.807, 2.05) is 12.3 Å². The molecule has 0 spiro atoms. The normalized spacial score (nSPS) is 28.9. The number of aromatic nitrogens is 1. The molecule has 1 fully saturated rings. The summed E-state index contributed by atoms with van der Waals surface area (Å²) >= 11 is 0. The summed E-state index contributed by atoms with van der Waals surface area (Å²) in [4.78, 5) is 14.2. The SMILES string of the molecule is CC(=O)NCCc1c[nH]c2cccc(OC3OC(C)C(O)C(O)C3O)c12. The number of aromatic amines is 1. The van der Waals surface area contributed by atoms with Crippen LogP contribution in [-0.2, 0) is 16.0 Å². The third kappa shape index (κ3) is 3.68. The van der Waals surface area contributed by atoms with Gasteiger partial charge in [0.15, 0.2) is 0 Å². The molecule has 0 bridgehead atoms. The first-order chi connectivity index (χ1) is 12.4. The van der Waals surface area contributed by atoms with E-state index in [4.69, 9.17) is 9.47 Å². The fraction of sp³-hybridized carbons (Fsp3) is 0.500. The van der Waals surface area contributed by atoms with Crippen molar-refractivity contribution >= 4 is 16.8 Å². The van der Waals surface area contributed by atoms with Crippen molar-refractivity contribution < 1.29 is 29.6 Å². The maximum absolute atomic E-state index is 11.1. The van der Waals surface area contributed by atoms with Gasteiger partial charge in [-0.2, -0.15) is 0 Å². The van der Waals surface area contributed by atoms with Crippen molar-refractivity contribution in [3.05, 3.63) is 30.0 Å². The van der Waals surface area contributed by atoms with E-state index in [1.54, 1.807) is 19.1 Å². The monoisotopic (exact) mass is 364 g/mol. The number of nitrogens with one attached hydrogen (secondary N) is 2. The molecule has 142 valence electrons. The lowest BCUT2D eigenvalue weighted by Crippen LogP contribution is -2.58. The lowest BCUT2D eigenvalue weighted by Gasteiger charge is -2.39. The molecule has 5 atom stereocenters. The van der Waals surface area contributed by atoms with Gasteiger partial charge in [0.2, 0.25) is 12.2 Å². The lowest BCUT2D eigenvalue weighted by atomic mass is 10.00. The van der Waals surface area contributed by atoms with E-state index in [1.165, 1.54) is 6.92 Å². The van der Waals surface area contributed by atoms with Crippen molar-refractivity contribution in [1.82, 2.24) is 10.3 Å². The summed E-state index contributed by atoms with van der Waals surface area (Å²) in [6.07, 6.45) is -3.24. The number of hydrogen-bond donors (Lipinski definition) is 5. The van der Waals surface area contributed by atoms with Crippen LogP contribution < -0.4 is 10.1 Å². The minimum Gasteiger partial charge on any atom is -0.461 e. The Bertz CT molecular complexity index is 776. The molecule has 1 saturated heterocycles. The van der Waals surface area contributed by atoms with Gasteiger partial charge in [-0.25, -0.2) is 0 Å². The highest BCUT2D eigenvalue weighted by molar-refractivity contribution is 5.89. The molecule has 26 heavy (non-hydrogen) atoms. The van der Waals surface area contributed by atoms with Gasteiger partial charge >= 0.3 is 0 Å². The molecule has 1 aliphatic rings. The lowest BCUT2D eigenvalue weighted by molar-refractivity contribution is -0.267. The largest absolute Gasteiger partial charge is 0.461 e. The van der Waals surface area contributed by atoms with Gasteiger partial charge in [-0.1, -0.05) is 6.07 Å². The van der Waals surface area contributed by atoms with E-state index < -0.39 is 30.7 Å². The highest BCUT2D eigenvalue weighted by Gasteiger charge is 2.43. The summed E-state index contributed by atoms with van der Waals surface area (Å²) < 4.78 is 11.4. The first-order valence-corrected chi connectivity index (χ1v) is 8.58. The Morgan fingerprint density at radius 2 is 2.04 bits per heavy atom.